The summed E-state index contributed by atoms with van der Waals surface area (Å²) in [6.45, 7) is 0. The van der Waals surface area contributed by atoms with Gasteiger partial charge in [-0.2, -0.15) is 18.4 Å². The molecular formula is C10H5F5N2O2. The van der Waals surface area contributed by atoms with E-state index in [1.54, 1.807) is 0 Å². The minimum absolute atomic E-state index is 0.493. The van der Waals surface area contributed by atoms with E-state index in [0.717, 1.165) is 6.07 Å². The molecular weight excluding hydrogens is 275 g/mol. The van der Waals surface area contributed by atoms with Crippen LogP contribution in [0.4, 0.5) is 22.0 Å². The van der Waals surface area contributed by atoms with E-state index in [4.69, 9.17) is 10.4 Å². The first kappa shape index (κ1) is 14.8. The van der Waals surface area contributed by atoms with Crippen LogP contribution in [0.25, 0.3) is 0 Å². The second kappa shape index (κ2) is 5.17. The third kappa shape index (κ3) is 3.37. The van der Waals surface area contributed by atoms with Crippen molar-refractivity contribution >= 4 is 5.97 Å². The maximum Gasteiger partial charge on any atom is 0.434 e. The first-order valence-electron chi connectivity index (χ1n) is 4.68. The van der Waals surface area contributed by atoms with Crippen molar-refractivity contribution in [2.24, 2.45) is 0 Å². The lowest BCUT2D eigenvalue weighted by atomic mass is 10.0. The van der Waals surface area contributed by atoms with Gasteiger partial charge < -0.3 is 5.11 Å². The van der Waals surface area contributed by atoms with Crippen molar-refractivity contribution in [2.45, 2.75) is 19.0 Å². The highest BCUT2D eigenvalue weighted by Gasteiger charge is 2.38. The van der Waals surface area contributed by atoms with Crippen LogP contribution < -0.4 is 0 Å². The number of carboxylic acids is 1. The number of pyridine rings is 1. The highest BCUT2D eigenvalue weighted by Crippen LogP contribution is 2.35. The normalized spacial score (nSPS) is 11.4. The molecule has 1 aromatic rings. The smallest absolute Gasteiger partial charge is 0.434 e. The third-order valence-electron chi connectivity index (χ3n) is 2.05. The van der Waals surface area contributed by atoms with Crippen LogP contribution >= 0.6 is 0 Å². The van der Waals surface area contributed by atoms with E-state index in [0.29, 0.717) is 6.07 Å². The SMILES string of the molecule is N#Cc1c(C(F)F)cc(CC(=O)O)nc1C(F)(F)F. The van der Waals surface area contributed by atoms with Crippen LogP contribution in [-0.4, -0.2) is 16.1 Å². The molecule has 0 saturated carbocycles. The van der Waals surface area contributed by atoms with Gasteiger partial charge in [0.25, 0.3) is 6.43 Å². The molecule has 1 N–H and O–H groups in total. The Hall–Kier alpha value is -2.24. The summed E-state index contributed by atoms with van der Waals surface area (Å²) in [6.07, 6.45) is -9.41. The average Bonchev–Trinajstić information content (AvgIpc) is 2.25. The Balaban J connectivity index is 3.56. The summed E-state index contributed by atoms with van der Waals surface area (Å²) < 4.78 is 63.0. The molecule has 0 spiro atoms. The van der Waals surface area contributed by atoms with Crippen molar-refractivity contribution in [2.75, 3.05) is 0 Å². The molecule has 1 heterocycles. The van der Waals surface area contributed by atoms with Crippen molar-refractivity contribution in [3.05, 3.63) is 28.6 Å². The molecule has 0 aliphatic carbocycles. The molecule has 0 bridgehead atoms. The summed E-state index contributed by atoms with van der Waals surface area (Å²) >= 11 is 0. The molecule has 4 nitrogen and oxygen atoms in total. The number of rotatable bonds is 3. The van der Waals surface area contributed by atoms with Gasteiger partial charge in [-0.15, -0.1) is 0 Å². The Bertz CT molecular complexity index is 548. The number of nitriles is 1. The number of halogens is 5. The number of hydrogen-bond acceptors (Lipinski definition) is 3. The van der Waals surface area contributed by atoms with Gasteiger partial charge in [-0.3, -0.25) is 4.79 Å². The molecule has 102 valence electrons. The minimum atomic E-state index is -5.12. The molecule has 0 aliphatic heterocycles. The number of nitrogens with zero attached hydrogens (tertiary/aromatic N) is 2. The fourth-order valence-electron chi connectivity index (χ4n) is 1.36. The van der Waals surface area contributed by atoms with Crippen molar-refractivity contribution in [3.8, 4) is 6.07 Å². The predicted octanol–water partition coefficient (Wildman–Crippen LogP) is 2.54. The molecule has 0 saturated heterocycles. The number of alkyl halides is 5. The molecule has 9 heteroatoms. The van der Waals surface area contributed by atoms with Gasteiger partial charge in [0.05, 0.1) is 17.7 Å². The molecule has 0 radical (unpaired) electrons. The zero-order chi connectivity index (χ0) is 14.8. The summed E-state index contributed by atoms with van der Waals surface area (Å²) in [5.74, 6) is -1.52. The predicted molar refractivity (Wildman–Crippen MR) is 50.3 cm³/mol. The van der Waals surface area contributed by atoms with Gasteiger partial charge in [0.1, 0.15) is 6.07 Å². The van der Waals surface area contributed by atoms with E-state index in [1.165, 1.54) is 0 Å². The van der Waals surface area contributed by atoms with Crippen LogP contribution in [0.5, 0.6) is 0 Å². The second-order valence-corrected chi connectivity index (χ2v) is 3.41. The Kier molecular flexibility index (Phi) is 4.04. The van der Waals surface area contributed by atoms with Gasteiger partial charge >= 0.3 is 12.1 Å². The molecule has 0 aromatic carbocycles. The minimum Gasteiger partial charge on any atom is -0.481 e. The molecule has 1 aromatic heterocycles. The van der Waals surface area contributed by atoms with Crippen LogP contribution in [0.1, 0.15) is 28.9 Å². The molecule has 0 unspecified atom stereocenters. The van der Waals surface area contributed by atoms with Crippen molar-refractivity contribution < 1.29 is 31.9 Å². The molecule has 0 amide bonds. The Morgan fingerprint density at radius 1 is 1.47 bits per heavy atom. The van der Waals surface area contributed by atoms with E-state index in [1.807, 2.05) is 0 Å². The number of aromatic nitrogens is 1. The standard InChI is InChI=1S/C10H5F5N2O2/c11-9(12)5-1-4(2-7(18)19)17-8(6(5)3-16)10(13,14)15/h1,9H,2H2,(H,18,19). The van der Waals surface area contributed by atoms with Gasteiger partial charge in [0, 0.05) is 5.56 Å². The maximum absolute atomic E-state index is 12.6. The lowest BCUT2D eigenvalue weighted by Gasteiger charge is -2.13. The zero-order valence-electron chi connectivity index (χ0n) is 9.00. The van der Waals surface area contributed by atoms with Crippen LogP contribution in [0.3, 0.4) is 0 Å². The van der Waals surface area contributed by atoms with E-state index < -0.39 is 47.5 Å². The van der Waals surface area contributed by atoms with E-state index in [2.05, 4.69) is 4.98 Å². The van der Waals surface area contributed by atoms with Crippen LogP contribution in [0.15, 0.2) is 6.07 Å². The van der Waals surface area contributed by atoms with Gasteiger partial charge in [0.2, 0.25) is 0 Å². The summed E-state index contributed by atoms with van der Waals surface area (Å²) in [4.78, 5) is 13.3. The molecule has 1 rings (SSSR count). The summed E-state index contributed by atoms with van der Waals surface area (Å²) in [7, 11) is 0. The largest absolute Gasteiger partial charge is 0.481 e. The lowest BCUT2D eigenvalue weighted by molar-refractivity contribution is -0.142. The Morgan fingerprint density at radius 2 is 2.05 bits per heavy atom. The number of carboxylic acid groups (broad SMARTS) is 1. The van der Waals surface area contributed by atoms with E-state index >= 15 is 0 Å². The summed E-state index contributed by atoms with van der Waals surface area (Å²) in [5, 5.41) is 17.0. The highest BCUT2D eigenvalue weighted by atomic mass is 19.4. The van der Waals surface area contributed by atoms with Gasteiger partial charge in [-0.1, -0.05) is 0 Å². The molecule has 19 heavy (non-hydrogen) atoms. The van der Waals surface area contributed by atoms with Crippen molar-refractivity contribution in [3.63, 3.8) is 0 Å². The third-order valence-corrected chi connectivity index (χ3v) is 2.05. The molecule has 0 fully saturated rings. The first-order valence-corrected chi connectivity index (χ1v) is 4.68. The van der Waals surface area contributed by atoms with Crippen LogP contribution in [0.2, 0.25) is 0 Å². The topological polar surface area (TPSA) is 74.0 Å². The monoisotopic (exact) mass is 280 g/mol. The van der Waals surface area contributed by atoms with Crippen LogP contribution in [0, 0.1) is 11.3 Å². The first-order chi connectivity index (χ1) is 8.66. The second-order valence-electron chi connectivity index (χ2n) is 3.41. The van der Waals surface area contributed by atoms with Gasteiger partial charge in [-0.05, 0) is 6.07 Å². The van der Waals surface area contributed by atoms with Crippen LogP contribution in [-0.2, 0) is 17.4 Å². The quantitative estimate of drug-likeness (QED) is 0.863. The van der Waals surface area contributed by atoms with E-state index in [9.17, 15) is 26.7 Å². The number of aliphatic carboxylic acids is 1. The lowest BCUT2D eigenvalue weighted by Crippen LogP contribution is -2.16. The zero-order valence-corrected chi connectivity index (χ0v) is 9.00. The van der Waals surface area contributed by atoms with Gasteiger partial charge in [-0.25, -0.2) is 13.8 Å². The highest BCUT2D eigenvalue weighted by molar-refractivity contribution is 5.69. The van der Waals surface area contributed by atoms with Gasteiger partial charge in [0.15, 0.2) is 5.69 Å². The maximum atomic E-state index is 12.6. The average molecular weight is 280 g/mol. The van der Waals surface area contributed by atoms with Crippen molar-refractivity contribution in [1.29, 1.82) is 5.26 Å². The Morgan fingerprint density at radius 3 is 2.42 bits per heavy atom. The molecule has 0 aliphatic rings. The number of hydrogen-bond donors (Lipinski definition) is 1. The number of carbonyl (C=O) groups is 1. The fraction of sp³-hybridized carbons (Fsp3) is 0.300. The fourth-order valence-corrected chi connectivity index (χ4v) is 1.36. The summed E-state index contributed by atoms with van der Waals surface area (Å²) in [6, 6.07) is 1.52. The molecule has 0 atom stereocenters. The van der Waals surface area contributed by atoms with E-state index in [-0.39, 0.29) is 0 Å². The summed E-state index contributed by atoms with van der Waals surface area (Å²) in [5.41, 5.74) is -4.96. The van der Waals surface area contributed by atoms with Crippen molar-refractivity contribution in [1.82, 2.24) is 4.98 Å². The Labute approximate surface area is 103 Å².